The molecule has 0 aromatic heterocycles. The van der Waals surface area contributed by atoms with Crippen molar-refractivity contribution in [3.8, 4) is 0 Å². The fourth-order valence-electron chi connectivity index (χ4n) is 2.01. The molecule has 0 saturated heterocycles. The Morgan fingerprint density at radius 1 is 1.47 bits per heavy atom. The number of carbonyl (C=O) groups excluding carboxylic acids is 1. The van der Waals surface area contributed by atoms with E-state index < -0.39 is 0 Å². The molecule has 0 aromatic rings. The van der Waals surface area contributed by atoms with Crippen LogP contribution in [0.3, 0.4) is 0 Å². The molecular formula is C12H24N2O. The maximum Gasteiger partial charge on any atom is 0.220 e. The van der Waals surface area contributed by atoms with Crippen LogP contribution >= 0.6 is 0 Å². The Hall–Kier alpha value is -0.570. The van der Waals surface area contributed by atoms with Crippen molar-refractivity contribution >= 4 is 5.91 Å². The van der Waals surface area contributed by atoms with Gasteiger partial charge in [-0.15, -0.1) is 0 Å². The van der Waals surface area contributed by atoms with Crippen molar-refractivity contribution in [2.45, 2.75) is 46.0 Å². The van der Waals surface area contributed by atoms with Crippen LogP contribution in [0.5, 0.6) is 0 Å². The zero-order valence-electron chi connectivity index (χ0n) is 10.0. The van der Waals surface area contributed by atoms with Crippen LogP contribution in [0.1, 0.15) is 46.0 Å². The number of nitrogens with two attached hydrogens (primary N) is 1. The highest BCUT2D eigenvalue weighted by Crippen LogP contribution is 2.41. The van der Waals surface area contributed by atoms with Crippen molar-refractivity contribution in [1.82, 2.24) is 5.32 Å². The van der Waals surface area contributed by atoms with Gasteiger partial charge in [0.2, 0.25) is 5.91 Å². The van der Waals surface area contributed by atoms with Gasteiger partial charge in [-0.3, -0.25) is 4.79 Å². The molecule has 15 heavy (non-hydrogen) atoms. The molecule has 3 heteroatoms. The molecule has 3 nitrogen and oxygen atoms in total. The maximum absolute atomic E-state index is 11.4. The Kier molecular flexibility index (Phi) is 4.58. The van der Waals surface area contributed by atoms with Gasteiger partial charge in [-0.25, -0.2) is 0 Å². The fourth-order valence-corrected chi connectivity index (χ4v) is 2.01. The van der Waals surface area contributed by atoms with Crippen molar-refractivity contribution in [2.75, 3.05) is 13.1 Å². The first-order valence-electron chi connectivity index (χ1n) is 6.03. The number of hydrogen-bond acceptors (Lipinski definition) is 2. The van der Waals surface area contributed by atoms with Gasteiger partial charge in [0.1, 0.15) is 0 Å². The third kappa shape index (κ3) is 3.82. The van der Waals surface area contributed by atoms with Crippen molar-refractivity contribution in [3.05, 3.63) is 0 Å². The van der Waals surface area contributed by atoms with Gasteiger partial charge in [0.25, 0.3) is 0 Å². The van der Waals surface area contributed by atoms with Crippen LogP contribution in [0.15, 0.2) is 0 Å². The molecule has 0 unspecified atom stereocenters. The molecule has 1 aliphatic rings. The van der Waals surface area contributed by atoms with E-state index in [0.717, 1.165) is 18.9 Å². The van der Waals surface area contributed by atoms with E-state index >= 15 is 0 Å². The topological polar surface area (TPSA) is 55.1 Å². The smallest absolute Gasteiger partial charge is 0.220 e. The van der Waals surface area contributed by atoms with Gasteiger partial charge in [0, 0.05) is 13.0 Å². The number of amides is 1. The molecule has 88 valence electrons. The molecule has 0 heterocycles. The molecule has 0 radical (unpaired) electrons. The van der Waals surface area contributed by atoms with Crippen molar-refractivity contribution in [2.24, 2.45) is 17.1 Å². The predicted octanol–water partition coefficient (Wildman–Crippen LogP) is 1.67. The summed E-state index contributed by atoms with van der Waals surface area (Å²) in [5.74, 6) is 0.945. The summed E-state index contributed by atoms with van der Waals surface area (Å²) in [5, 5.41) is 3.01. The third-order valence-electron chi connectivity index (χ3n) is 3.56. The summed E-state index contributed by atoms with van der Waals surface area (Å²) in [6, 6.07) is 0. The number of carbonyl (C=O) groups is 1. The predicted molar refractivity (Wildman–Crippen MR) is 62.4 cm³/mol. The molecule has 0 bridgehead atoms. The minimum atomic E-state index is 0.146. The first kappa shape index (κ1) is 12.5. The molecular weight excluding hydrogens is 188 g/mol. The Bertz CT molecular complexity index is 210. The van der Waals surface area contributed by atoms with Crippen LogP contribution in [0, 0.1) is 11.3 Å². The molecule has 0 aliphatic heterocycles. The number of rotatable bonds is 6. The first-order valence-corrected chi connectivity index (χ1v) is 6.03. The van der Waals surface area contributed by atoms with E-state index in [1.807, 2.05) is 0 Å². The lowest BCUT2D eigenvalue weighted by molar-refractivity contribution is -0.121. The Morgan fingerprint density at radius 2 is 2.13 bits per heavy atom. The van der Waals surface area contributed by atoms with E-state index in [9.17, 15) is 4.79 Å². The van der Waals surface area contributed by atoms with E-state index in [0.29, 0.717) is 13.0 Å². The zero-order valence-corrected chi connectivity index (χ0v) is 10.0. The van der Waals surface area contributed by atoms with Gasteiger partial charge < -0.3 is 11.1 Å². The van der Waals surface area contributed by atoms with Crippen LogP contribution in [-0.4, -0.2) is 19.0 Å². The molecule has 1 aliphatic carbocycles. The van der Waals surface area contributed by atoms with Crippen LogP contribution in [0.25, 0.3) is 0 Å². The average Bonchev–Trinajstić information content (AvgIpc) is 2.08. The van der Waals surface area contributed by atoms with Gasteiger partial charge in [0.05, 0.1) is 0 Å². The molecule has 1 amide bonds. The molecule has 3 N–H and O–H groups in total. The minimum Gasteiger partial charge on any atom is -0.356 e. The highest BCUT2D eigenvalue weighted by Gasteiger charge is 2.33. The molecule has 0 atom stereocenters. The summed E-state index contributed by atoms with van der Waals surface area (Å²) in [6.45, 7) is 5.90. The highest BCUT2D eigenvalue weighted by atomic mass is 16.1. The SMILES string of the molecule is CC(C)(CNC(=O)CCCN)C1CCC1. The Balaban J connectivity index is 2.19. The second kappa shape index (κ2) is 5.50. The largest absolute Gasteiger partial charge is 0.356 e. The molecule has 0 aromatic carbocycles. The Morgan fingerprint density at radius 3 is 2.60 bits per heavy atom. The number of nitrogens with one attached hydrogen (secondary N) is 1. The fraction of sp³-hybridized carbons (Fsp3) is 0.917. The molecule has 1 rings (SSSR count). The minimum absolute atomic E-state index is 0.146. The van der Waals surface area contributed by atoms with Crippen LogP contribution in [0.2, 0.25) is 0 Å². The molecule has 0 spiro atoms. The lowest BCUT2D eigenvalue weighted by atomic mass is 9.67. The third-order valence-corrected chi connectivity index (χ3v) is 3.56. The van der Waals surface area contributed by atoms with Gasteiger partial charge in [-0.1, -0.05) is 20.3 Å². The van der Waals surface area contributed by atoms with E-state index in [1.165, 1.54) is 19.3 Å². The van der Waals surface area contributed by atoms with Crippen molar-refractivity contribution in [3.63, 3.8) is 0 Å². The summed E-state index contributed by atoms with van der Waals surface area (Å²) >= 11 is 0. The molecule has 1 fully saturated rings. The summed E-state index contributed by atoms with van der Waals surface area (Å²) in [5.41, 5.74) is 5.62. The quantitative estimate of drug-likeness (QED) is 0.703. The van der Waals surface area contributed by atoms with E-state index in [-0.39, 0.29) is 11.3 Å². The second-order valence-electron chi connectivity index (χ2n) is 5.29. The maximum atomic E-state index is 11.4. The summed E-state index contributed by atoms with van der Waals surface area (Å²) < 4.78 is 0. The van der Waals surface area contributed by atoms with Crippen LogP contribution < -0.4 is 11.1 Å². The summed E-state index contributed by atoms with van der Waals surface area (Å²) in [6.07, 6.45) is 5.36. The van der Waals surface area contributed by atoms with Crippen molar-refractivity contribution in [1.29, 1.82) is 0 Å². The second-order valence-corrected chi connectivity index (χ2v) is 5.29. The standard InChI is InChI=1S/C12H24N2O/c1-12(2,10-5-3-6-10)9-14-11(15)7-4-8-13/h10H,3-9,13H2,1-2H3,(H,14,15). The summed E-state index contributed by atoms with van der Waals surface area (Å²) in [4.78, 5) is 11.4. The number of hydrogen-bond donors (Lipinski definition) is 2. The Labute approximate surface area is 92.8 Å². The van der Waals surface area contributed by atoms with Gasteiger partial charge in [-0.05, 0) is 37.1 Å². The highest BCUT2D eigenvalue weighted by molar-refractivity contribution is 5.75. The van der Waals surface area contributed by atoms with E-state index in [1.54, 1.807) is 0 Å². The van der Waals surface area contributed by atoms with Gasteiger partial charge in [-0.2, -0.15) is 0 Å². The van der Waals surface area contributed by atoms with Gasteiger partial charge >= 0.3 is 0 Å². The monoisotopic (exact) mass is 212 g/mol. The van der Waals surface area contributed by atoms with Crippen LogP contribution in [0.4, 0.5) is 0 Å². The lowest BCUT2D eigenvalue weighted by Gasteiger charge is -2.40. The van der Waals surface area contributed by atoms with E-state index in [2.05, 4.69) is 19.2 Å². The molecule has 1 saturated carbocycles. The first-order chi connectivity index (χ1) is 7.06. The summed E-state index contributed by atoms with van der Waals surface area (Å²) in [7, 11) is 0. The zero-order chi connectivity index (χ0) is 11.3. The van der Waals surface area contributed by atoms with Gasteiger partial charge in [0.15, 0.2) is 0 Å². The lowest BCUT2D eigenvalue weighted by Crippen LogP contribution is -2.41. The average molecular weight is 212 g/mol. The van der Waals surface area contributed by atoms with Crippen LogP contribution in [-0.2, 0) is 4.79 Å². The van der Waals surface area contributed by atoms with Crippen molar-refractivity contribution < 1.29 is 4.79 Å². The normalized spacial score (nSPS) is 17.3. The van der Waals surface area contributed by atoms with E-state index in [4.69, 9.17) is 5.73 Å².